The number of nitrogens with two attached hydrogens (primary N) is 1. The van der Waals surface area contributed by atoms with Gasteiger partial charge in [-0.05, 0) is 36.8 Å². The smallest absolute Gasteiger partial charge is 0.255 e. The SMILES string of the molecule is CCCOc1ccc(C(=O)Nc2ccnc(Cl)c2)cc1N. The number of nitrogens with one attached hydrogen (secondary N) is 1. The van der Waals surface area contributed by atoms with Crippen LogP contribution in [0, 0.1) is 0 Å². The van der Waals surface area contributed by atoms with Gasteiger partial charge in [0.25, 0.3) is 5.91 Å². The molecule has 2 rings (SSSR count). The third kappa shape index (κ3) is 4.10. The lowest BCUT2D eigenvalue weighted by atomic mass is 10.1. The minimum Gasteiger partial charge on any atom is -0.491 e. The van der Waals surface area contributed by atoms with Crippen molar-refractivity contribution in [3.05, 3.63) is 47.2 Å². The first kappa shape index (κ1) is 15.1. The lowest BCUT2D eigenvalue weighted by molar-refractivity contribution is 0.102. The minimum atomic E-state index is -0.272. The molecule has 0 bridgehead atoms. The van der Waals surface area contributed by atoms with Crippen LogP contribution in [-0.2, 0) is 0 Å². The number of halogens is 1. The largest absolute Gasteiger partial charge is 0.491 e. The van der Waals surface area contributed by atoms with E-state index in [1.54, 1.807) is 30.3 Å². The van der Waals surface area contributed by atoms with Crippen LogP contribution >= 0.6 is 11.6 Å². The van der Waals surface area contributed by atoms with Gasteiger partial charge in [0.05, 0.1) is 12.3 Å². The predicted molar refractivity (Wildman–Crippen MR) is 83.8 cm³/mol. The number of nitrogens with zero attached hydrogens (tertiary/aromatic N) is 1. The van der Waals surface area contributed by atoms with E-state index < -0.39 is 0 Å². The lowest BCUT2D eigenvalue weighted by Crippen LogP contribution is -2.12. The summed E-state index contributed by atoms with van der Waals surface area (Å²) in [6.45, 7) is 2.60. The Morgan fingerprint density at radius 2 is 2.19 bits per heavy atom. The van der Waals surface area contributed by atoms with Crippen LogP contribution in [0.3, 0.4) is 0 Å². The van der Waals surface area contributed by atoms with Crippen LogP contribution in [0.1, 0.15) is 23.7 Å². The standard InChI is InChI=1S/C15H16ClN3O2/c1-2-7-21-13-4-3-10(8-12(13)17)15(20)19-11-5-6-18-14(16)9-11/h3-6,8-9H,2,7,17H2,1H3,(H,18,19,20). The fourth-order valence-corrected chi connectivity index (χ4v) is 1.89. The van der Waals surface area contributed by atoms with Crippen molar-refractivity contribution in [3.63, 3.8) is 0 Å². The van der Waals surface area contributed by atoms with Crippen molar-refractivity contribution in [2.24, 2.45) is 0 Å². The van der Waals surface area contributed by atoms with E-state index in [0.717, 1.165) is 6.42 Å². The van der Waals surface area contributed by atoms with E-state index in [0.29, 0.717) is 34.4 Å². The number of aromatic nitrogens is 1. The Bertz CT molecular complexity index is 647. The van der Waals surface area contributed by atoms with Crippen molar-refractivity contribution >= 4 is 28.9 Å². The van der Waals surface area contributed by atoms with Gasteiger partial charge in [0.1, 0.15) is 10.9 Å². The van der Waals surface area contributed by atoms with E-state index in [4.69, 9.17) is 22.1 Å². The van der Waals surface area contributed by atoms with Crippen LogP contribution in [0.2, 0.25) is 5.15 Å². The summed E-state index contributed by atoms with van der Waals surface area (Å²) >= 11 is 5.77. The summed E-state index contributed by atoms with van der Waals surface area (Å²) in [6, 6.07) is 8.18. The summed E-state index contributed by atoms with van der Waals surface area (Å²) < 4.78 is 5.47. The Labute approximate surface area is 128 Å². The van der Waals surface area contributed by atoms with E-state index in [9.17, 15) is 4.79 Å². The second kappa shape index (κ2) is 6.95. The molecule has 0 aliphatic heterocycles. The first-order valence-corrected chi connectivity index (χ1v) is 6.93. The quantitative estimate of drug-likeness (QED) is 0.656. The van der Waals surface area contributed by atoms with E-state index in [2.05, 4.69) is 10.3 Å². The Morgan fingerprint density at radius 1 is 1.38 bits per heavy atom. The number of hydrogen-bond donors (Lipinski definition) is 2. The van der Waals surface area contributed by atoms with Gasteiger partial charge in [-0.25, -0.2) is 4.98 Å². The molecule has 1 amide bonds. The summed E-state index contributed by atoms with van der Waals surface area (Å²) in [5.41, 5.74) is 7.34. The predicted octanol–water partition coefficient (Wildman–Crippen LogP) is 3.36. The summed E-state index contributed by atoms with van der Waals surface area (Å²) in [5.74, 6) is 0.311. The molecule has 6 heteroatoms. The number of hydrogen-bond acceptors (Lipinski definition) is 4. The number of rotatable bonds is 5. The molecule has 0 aliphatic rings. The molecule has 0 unspecified atom stereocenters. The maximum atomic E-state index is 12.1. The van der Waals surface area contributed by atoms with E-state index in [-0.39, 0.29) is 5.91 Å². The highest BCUT2D eigenvalue weighted by atomic mass is 35.5. The third-order valence-corrected chi connectivity index (χ3v) is 2.92. The molecular weight excluding hydrogens is 290 g/mol. The first-order valence-electron chi connectivity index (χ1n) is 6.55. The van der Waals surface area contributed by atoms with Crippen molar-refractivity contribution in [1.82, 2.24) is 4.98 Å². The molecule has 1 aromatic heterocycles. The molecule has 1 aromatic carbocycles. The number of nitrogen functional groups attached to an aromatic ring is 1. The molecular formula is C15H16ClN3O2. The van der Waals surface area contributed by atoms with E-state index >= 15 is 0 Å². The maximum absolute atomic E-state index is 12.1. The normalized spacial score (nSPS) is 10.2. The summed E-state index contributed by atoms with van der Waals surface area (Å²) in [4.78, 5) is 16.0. The molecule has 21 heavy (non-hydrogen) atoms. The fraction of sp³-hybridized carbons (Fsp3) is 0.200. The highest BCUT2D eigenvalue weighted by Gasteiger charge is 2.09. The molecule has 2 aromatic rings. The fourth-order valence-electron chi connectivity index (χ4n) is 1.72. The Hall–Kier alpha value is -2.27. The molecule has 0 fully saturated rings. The van der Waals surface area contributed by atoms with Gasteiger partial charge in [-0.15, -0.1) is 0 Å². The monoisotopic (exact) mass is 305 g/mol. The molecule has 0 saturated heterocycles. The van der Waals surface area contributed by atoms with E-state index in [1.165, 1.54) is 6.20 Å². The number of carbonyl (C=O) groups is 1. The van der Waals surface area contributed by atoms with Gasteiger partial charge < -0.3 is 15.8 Å². The maximum Gasteiger partial charge on any atom is 0.255 e. The van der Waals surface area contributed by atoms with Gasteiger partial charge in [0.15, 0.2) is 0 Å². The third-order valence-electron chi connectivity index (χ3n) is 2.72. The zero-order chi connectivity index (χ0) is 15.2. The average Bonchev–Trinajstić information content (AvgIpc) is 2.46. The molecule has 3 N–H and O–H groups in total. The second-order valence-corrected chi connectivity index (χ2v) is 4.81. The minimum absolute atomic E-state index is 0.272. The van der Waals surface area contributed by atoms with Crippen molar-refractivity contribution in [2.75, 3.05) is 17.7 Å². The van der Waals surface area contributed by atoms with Gasteiger partial charge in [-0.1, -0.05) is 18.5 Å². The summed E-state index contributed by atoms with van der Waals surface area (Å²) in [7, 11) is 0. The number of anilines is 2. The summed E-state index contributed by atoms with van der Waals surface area (Å²) in [6.07, 6.45) is 2.42. The van der Waals surface area contributed by atoms with Crippen LogP contribution in [0.5, 0.6) is 5.75 Å². The molecule has 0 radical (unpaired) electrons. The molecule has 0 aliphatic carbocycles. The van der Waals surface area contributed by atoms with Crippen molar-refractivity contribution < 1.29 is 9.53 Å². The van der Waals surface area contributed by atoms with Crippen LogP contribution in [0.15, 0.2) is 36.5 Å². The Balaban J connectivity index is 2.11. The van der Waals surface area contributed by atoms with Gasteiger partial charge >= 0.3 is 0 Å². The van der Waals surface area contributed by atoms with Gasteiger partial charge in [0, 0.05) is 17.4 Å². The average molecular weight is 306 g/mol. The molecule has 5 nitrogen and oxygen atoms in total. The van der Waals surface area contributed by atoms with Gasteiger partial charge in [-0.2, -0.15) is 0 Å². The highest BCUT2D eigenvalue weighted by molar-refractivity contribution is 6.29. The van der Waals surface area contributed by atoms with E-state index in [1.807, 2.05) is 6.92 Å². The number of amides is 1. The molecule has 0 spiro atoms. The number of carbonyl (C=O) groups excluding carboxylic acids is 1. The topological polar surface area (TPSA) is 77.2 Å². The highest BCUT2D eigenvalue weighted by Crippen LogP contribution is 2.23. The number of ether oxygens (including phenoxy) is 1. The molecule has 0 saturated carbocycles. The van der Waals surface area contributed by atoms with Crippen LogP contribution in [0.25, 0.3) is 0 Å². The molecule has 0 atom stereocenters. The first-order chi connectivity index (χ1) is 10.1. The number of benzene rings is 1. The van der Waals surface area contributed by atoms with Gasteiger partial charge in [-0.3, -0.25) is 4.79 Å². The molecule has 1 heterocycles. The van der Waals surface area contributed by atoms with Crippen LogP contribution < -0.4 is 15.8 Å². The van der Waals surface area contributed by atoms with Crippen molar-refractivity contribution in [1.29, 1.82) is 0 Å². The van der Waals surface area contributed by atoms with Gasteiger partial charge in [0.2, 0.25) is 0 Å². The van der Waals surface area contributed by atoms with Crippen LogP contribution in [-0.4, -0.2) is 17.5 Å². The van der Waals surface area contributed by atoms with Crippen molar-refractivity contribution in [2.45, 2.75) is 13.3 Å². The second-order valence-electron chi connectivity index (χ2n) is 4.42. The molecule has 110 valence electrons. The van der Waals surface area contributed by atoms with Crippen LogP contribution in [0.4, 0.5) is 11.4 Å². The number of pyridine rings is 1. The Kier molecular flexibility index (Phi) is 5.00. The lowest BCUT2D eigenvalue weighted by Gasteiger charge is -2.10. The zero-order valence-corrected chi connectivity index (χ0v) is 12.4. The summed E-state index contributed by atoms with van der Waals surface area (Å²) in [5, 5.41) is 3.04. The zero-order valence-electron chi connectivity index (χ0n) is 11.6. The Morgan fingerprint density at radius 3 is 2.86 bits per heavy atom. The van der Waals surface area contributed by atoms with Crippen molar-refractivity contribution in [3.8, 4) is 5.75 Å².